The zero-order valence-electron chi connectivity index (χ0n) is 16.9. The average Bonchev–Trinajstić information content (AvgIpc) is 3.25. The molecule has 0 atom stereocenters. The maximum Gasteiger partial charge on any atom is 0.258 e. The molecule has 0 radical (unpaired) electrons. The van der Waals surface area contributed by atoms with Gasteiger partial charge in [-0.15, -0.1) is 0 Å². The Labute approximate surface area is 174 Å². The zero-order valence-corrected chi connectivity index (χ0v) is 16.9. The summed E-state index contributed by atoms with van der Waals surface area (Å²) >= 11 is 0. The lowest BCUT2D eigenvalue weighted by atomic mass is 10.0. The van der Waals surface area contributed by atoms with Gasteiger partial charge in [-0.25, -0.2) is 0 Å². The highest BCUT2D eigenvalue weighted by atomic mass is 16.5. The number of nitrogens with zero attached hydrogens (tertiary/aromatic N) is 3. The highest BCUT2D eigenvalue weighted by Crippen LogP contribution is 2.37. The van der Waals surface area contributed by atoms with Gasteiger partial charge >= 0.3 is 0 Å². The number of para-hydroxylation sites is 2. The van der Waals surface area contributed by atoms with E-state index in [0.717, 1.165) is 27.7 Å². The van der Waals surface area contributed by atoms with Gasteiger partial charge in [-0.1, -0.05) is 36.4 Å². The maximum atomic E-state index is 12.9. The fourth-order valence-electron chi connectivity index (χ4n) is 4.27. The van der Waals surface area contributed by atoms with Crippen LogP contribution in [0.4, 0.5) is 5.69 Å². The standard InChI is InChI=1S/C24H23N3O3/c1-25-21-8-4-3-7-19(21)20(24(25)29)14-17-15-27(22-9-5-2-6-18(17)22)16-23(28)26-10-12-30-13-11-26/h2-9,14-15H,10-13,16H2,1H3/b20-14+. The van der Waals surface area contributed by atoms with Crippen LogP contribution >= 0.6 is 0 Å². The van der Waals surface area contributed by atoms with Crippen molar-refractivity contribution in [2.45, 2.75) is 6.54 Å². The lowest BCUT2D eigenvalue weighted by molar-refractivity contribution is -0.135. The van der Waals surface area contributed by atoms with Crippen LogP contribution in [0, 0.1) is 0 Å². The summed E-state index contributed by atoms with van der Waals surface area (Å²) in [5.41, 5.74) is 4.45. The van der Waals surface area contributed by atoms with Crippen molar-refractivity contribution in [3.63, 3.8) is 0 Å². The number of carbonyl (C=O) groups excluding carboxylic acids is 2. The first-order chi connectivity index (χ1) is 14.6. The summed E-state index contributed by atoms with van der Waals surface area (Å²) in [6.45, 7) is 2.71. The van der Waals surface area contributed by atoms with E-state index in [4.69, 9.17) is 4.74 Å². The molecule has 0 aliphatic carbocycles. The van der Waals surface area contributed by atoms with Crippen LogP contribution in [0.3, 0.4) is 0 Å². The molecule has 0 saturated carbocycles. The van der Waals surface area contributed by atoms with E-state index in [9.17, 15) is 9.59 Å². The Morgan fingerprint density at radius 1 is 1.07 bits per heavy atom. The number of rotatable bonds is 3. The smallest absolute Gasteiger partial charge is 0.258 e. The van der Waals surface area contributed by atoms with Crippen LogP contribution in [0.2, 0.25) is 0 Å². The van der Waals surface area contributed by atoms with Crippen molar-refractivity contribution in [3.05, 3.63) is 65.9 Å². The number of hydrogen-bond acceptors (Lipinski definition) is 3. The Bertz CT molecular complexity index is 1170. The van der Waals surface area contributed by atoms with Crippen molar-refractivity contribution in [1.82, 2.24) is 9.47 Å². The largest absolute Gasteiger partial charge is 0.378 e. The van der Waals surface area contributed by atoms with Gasteiger partial charge in [0.15, 0.2) is 0 Å². The predicted molar refractivity (Wildman–Crippen MR) is 117 cm³/mol. The summed E-state index contributed by atoms with van der Waals surface area (Å²) in [5.74, 6) is 0.0673. The van der Waals surface area contributed by atoms with Crippen LogP contribution in [-0.4, -0.2) is 54.6 Å². The van der Waals surface area contributed by atoms with E-state index < -0.39 is 0 Å². The van der Waals surface area contributed by atoms with E-state index in [-0.39, 0.29) is 18.4 Å². The molecule has 6 heteroatoms. The number of likely N-dealkylation sites (N-methyl/N-ethyl adjacent to an activating group) is 1. The van der Waals surface area contributed by atoms with E-state index in [1.807, 2.05) is 70.3 Å². The van der Waals surface area contributed by atoms with Crippen LogP contribution in [0.15, 0.2) is 54.7 Å². The van der Waals surface area contributed by atoms with E-state index in [2.05, 4.69) is 0 Å². The van der Waals surface area contributed by atoms with Crippen molar-refractivity contribution < 1.29 is 14.3 Å². The number of morpholine rings is 1. The average molecular weight is 401 g/mol. The number of fused-ring (bicyclic) bond motifs is 2. The molecule has 5 rings (SSSR count). The van der Waals surface area contributed by atoms with Crippen molar-refractivity contribution in [2.75, 3.05) is 38.3 Å². The number of hydrogen-bond donors (Lipinski definition) is 0. The minimum atomic E-state index is -0.0163. The van der Waals surface area contributed by atoms with Crippen molar-refractivity contribution in [2.24, 2.45) is 0 Å². The number of ether oxygens (including phenoxy) is 1. The van der Waals surface area contributed by atoms with Crippen LogP contribution in [0.25, 0.3) is 22.6 Å². The molecule has 3 aromatic rings. The summed E-state index contributed by atoms with van der Waals surface area (Å²) in [6.07, 6.45) is 3.92. The van der Waals surface area contributed by atoms with Gasteiger partial charge in [0.05, 0.1) is 18.9 Å². The van der Waals surface area contributed by atoms with Gasteiger partial charge in [0, 0.05) is 53.9 Å². The summed E-state index contributed by atoms with van der Waals surface area (Å²) in [7, 11) is 1.80. The summed E-state index contributed by atoms with van der Waals surface area (Å²) in [6, 6.07) is 15.8. The summed E-state index contributed by atoms with van der Waals surface area (Å²) in [4.78, 5) is 29.2. The second-order valence-electron chi connectivity index (χ2n) is 7.66. The number of amides is 2. The maximum absolute atomic E-state index is 12.9. The lowest BCUT2D eigenvalue weighted by Gasteiger charge is -2.27. The fraction of sp³-hybridized carbons (Fsp3) is 0.250. The summed E-state index contributed by atoms with van der Waals surface area (Å²) < 4.78 is 7.33. The zero-order chi connectivity index (χ0) is 20.7. The van der Waals surface area contributed by atoms with E-state index in [1.165, 1.54) is 0 Å². The molecule has 1 fully saturated rings. The SMILES string of the molecule is CN1C(=O)/C(=C/c2cn(CC(=O)N3CCOCC3)c3ccccc23)c2ccccc21. The highest BCUT2D eigenvalue weighted by Gasteiger charge is 2.29. The second kappa shape index (κ2) is 7.46. The Balaban J connectivity index is 1.54. The van der Waals surface area contributed by atoms with Gasteiger partial charge in [-0.2, -0.15) is 0 Å². The van der Waals surface area contributed by atoms with E-state index in [0.29, 0.717) is 31.9 Å². The minimum absolute atomic E-state index is 0.0163. The van der Waals surface area contributed by atoms with E-state index in [1.54, 1.807) is 11.9 Å². The van der Waals surface area contributed by atoms with Crippen LogP contribution < -0.4 is 4.90 Å². The molecule has 0 N–H and O–H groups in total. The quantitative estimate of drug-likeness (QED) is 0.634. The molecule has 152 valence electrons. The Hall–Kier alpha value is -3.38. The first-order valence-electron chi connectivity index (χ1n) is 10.2. The molecule has 30 heavy (non-hydrogen) atoms. The highest BCUT2D eigenvalue weighted by molar-refractivity contribution is 6.36. The molecular weight excluding hydrogens is 378 g/mol. The molecular formula is C24H23N3O3. The van der Waals surface area contributed by atoms with Gasteiger partial charge in [0.25, 0.3) is 5.91 Å². The molecule has 2 aliphatic rings. The Morgan fingerprint density at radius 2 is 1.80 bits per heavy atom. The van der Waals surface area contributed by atoms with Gasteiger partial charge in [0.1, 0.15) is 6.54 Å². The van der Waals surface area contributed by atoms with Crippen LogP contribution in [0.1, 0.15) is 11.1 Å². The Kier molecular flexibility index (Phi) is 4.64. The van der Waals surface area contributed by atoms with Crippen molar-refractivity contribution in [3.8, 4) is 0 Å². The normalized spacial score (nSPS) is 17.8. The number of anilines is 1. The molecule has 0 unspecified atom stereocenters. The molecule has 6 nitrogen and oxygen atoms in total. The van der Waals surface area contributed by atoms with Crippen LogP contribution in [0.5, 0.6) is 0 Å². The molecule has 0 spiro atoms. The number of aromatic nitrogens is 1. The van der Waals surface area contributed by atoms with E-state index >= 15 is 0 Å². The molecule has 2 amide bonds. The van der Waals surface area contributed by atoms with Gasteiger partial charge in [0.2, 0.25) is 5.91 Å². The number of benzene rings is 2. The fourth-order valence-corrected chi connectivity index (χ4v) is 4.27. The third-order valence-corrected chi connectivity index (χ3v) is 5.88. The molecule has 2 aliphatic heterocycles. The second-order valence-corrected chi connectivity index (χ2v) is 7.66. The molecule has 0 bridgehead atoms. The minimum Gasteiger partial charge on any atom is -0.378 e. The van der Waals surface area contributed by atoms with Gasteiger partial charge in [-0.05, 0) is 18.2 Å². The first-order valence-corrected chi connectivity index (χ1v) is 10.2. The molecule has 1 saturated heterocycles. The predicted octanol–water partition coefficient (Wildman–Crippen LogP) is 3.02. The monoisotopic (exact) mass is 401 g/mol. The number of carbonyl (C=O) groups is 2. The molecule has 3 heterocycles. The summed E-state index contributed by atoms with van der Waals surface area (Å²) in [5, 5.41) is 1.03. The van der Waals surface area contributed by atoms with Gasteiger partial charge in [-0.3, -0.25) is 9.59 Å². The van der Waals surface area contributed by atoms with Crippen molar-refractivity contribution >= 4 is 40.1 Å². The third kappa shape index (κ3) is 3.09. The third-order valence-electron chi connectivity index (χ3n) is 5.88. The Morgan fingerprint density at radius 3 is 2.63 bits per heavy atom. The molecule has 2 aromatic carbocycles. The van der Waals surface area contributed by atoms with Crippen LogP contribution in [-0.2, 0) is 20.9 Å². The molecule has 1 aromatic heterocycles. The first kappa shape index (κ1) is 18.6. The lowest BCUT2D eigenvalue weighted by Crippen LogP contribution is -2.42. The van der Waals surface area contributed by atoms with Gasteiger partial charge < -0.3 is 19.1 Å². The topological polar surface area (TPSA) is 54.8 Å². The van der Waals surface area contributed by atoms with Crippen molar-refractivity contribution in [1.29, 1.82) is 0 Å².